The highest BCUT2D eigenvalue weighted by Crippen LogP contribution is 2.38. The van der Waals surface area contributed by atoms with Gasteiger partial charge < -0.3 is 9.30 Å². The highest BCUT2D eigenvalue weighted by Gasteiger charge is 2.28. The molecule has 0 amide bonds. The first-order chi connectivity index (χ1) is 9.67. The molecule has 1 aliphatic heterocycles. The number of hydrogen-bond donors (Lipinski definition) is 1. The molecule has 0 unspecified atom stereocenters. The maximum Gasteiger partial charge on any atom is 0.279 e. The normalized spacial score (nSPS) is 21.2. The van der Waals surface area contributed by atoms with Crippen LogP contribution in [0.3, 0.4) is 0 Å². The van der Waals surface area contributed by atoms with Gasteiger partial charge in [0.1, 0.15) is 5.82 Å². The van der Waals surface area contributed by atoms with Gasteiger partial charge in [0.25, 0.3) is 10.2 Å². The highest BCUT2D eigenvalue weighted by atomic mass is 32.2. The van der Waals surface area contributed by atoms with Crippen molar-refractivity contribution in [1.29, 1.82) is 0 Å². The molecule has 112 valence electrons. The molecule has 1 aromatic heterocycles. The van der Waals surface area contributed by atoms with Gasteiger partial charge in [0.05, 0.1) is 13.2 Å². The first-order valence-corrected chi connectivity index (χ1v) is 8.44. The summed E-state index contributed by atoms with van der Waals surface area (Å²) < 4.78 is 35.4. The molecule has 0 radical (unpaired) electrons. The summed E-state index contributed by atoms with van der Waals surface area (Å²) in [4.78, 5) is 4.34. The molecule has 0 aromatic carbocycles. The minimum atomic E-state index is -3.38. The predicted octanol–water partition coefficient (Wildman–Crippen LogP) is -0.0729. The summed E-state index contributed by atoms with van der Waals surface area (Å²) in [5, 5.41) is 0. The number of aromatic nitrogens is 2. The number of ether oxygens (including phenoxy) is 1. The molecule has 0 atom stereocenters. The number of imidazole rings is 1. The Balaban J connectivity index is 1.52. The van der Waals surface area contributed by atoms with E-state index in [2.05, 4.69) is 9.71 Å². The monoisotopic (exact) mass is 300 g/mol. The first kappa shape index (κ1) is 14.0. The third kappa shape index (κ3) is 3.20. The van der Waals surface area contributed by atoms with E-state index >= 15 is 0 Å². The lowest BCUT2D eigenvalue weighted by Gasteiger charge is -2.26. The van der Waals surface area contributed by atoms with E-state index in [0.29, 0.717) is 45.3 Å². The largest absolute Gasteiger partial charge is 0.379 e. The van der Waals surface area contributed by atoms with Crippen LogP contribution in [0.5, 0.6) is 0 Å². The lowest BCUT2D eigenvalue weighted by atomic mass is 10.4. The molecule has 2 heterocycles. The fraction of sp³-hybridized carbons (Fsp3) is 0.750. The summed E-state index contributed by atoms with van der Waals surface area (Å²) in [7, 11) is -3.38. The van der Waals surface area contributed by atoms with E-state index in [4.69, 9.17) is 4.74 Å². The van der Waals surface area contributed by atoms with Gasteiger partial charge >= 0.3 is 0 Å². The molecular formula is C12H20N4O3S. The van der Waals surface area contributed by atoms with Crippen LogP contribution in [0.4, 0.5) is 0 Å². The third-order valence-corrected chi connectivity index (χ3v) is 5.25. The Morgan fingerprint density at radius 2 is 2.10 bits per heavy atom. The molecule has 0 bridgehead atoms. The van der Waals surface area contributed by atoms with Gasteiger partial charge in [-0.25, -0.2) is 9.71 Å². The van der Waals surface area contributed by atoms with Crippen LogP contribution < -0.4 is 4.72 Å². The molecule has 3 rings (SSSR count). The van der Waals surface area contributed by atoms with Gasteiger partial charge in [-0.2, -0.15) is 12.7 Å². The van der Waals surface area contributed by atoms with Crippen molar-refractivity contribution in [3.8, 4) is 0 Å². The van der Waals surface area contributed by atoms with Crippen molar-refractivity contribution in [2.75, 3.05) is 32.8 Å². The lowest BCUT2D eigenvalue weighted by molar-refractivity contribution is 0.0725. The molecule has 8 heteroatoms. The van der Waals surface area contributed by atoms with Crippen LogP contribution in [0, 0.1) is 0 Å². The molecule has 1 saturated heterocycles. The van der Waals surface area contributed by atoms with Crippen molar-refractivity contribution < 1.29 is 13.2 Å². The summed E-state index contributed by atoms with van der Waals surface area (Å²) in [5.41, 5.74) is 0. The maximum absolute atomic E-state index is 12.1. The van der Waals surface area contributed by atoms with Gasteiger partial charge in [-0.1, -0.05) is 0 Å². The summed E-state index contributed by atoms with van der Waals surface area (Å²) in [6.45, 7) is 2.79. The lowest BCUT2D eigenvalue weighted by Crippen LogP contribution is -2.47. The summed E-state index contributed by atoms with van der Waals surface area (Å²) in [5.74, 6) is 1.65. The molecule has 7 nitrogen and oxygen atoms in total. The van der Waals surface area contributed by atoms with Gasteiger partial charge in [-0.05, 0) is 12.8 Å². The van der Waals surface area contributed by atoms with E-state index in [1.165, 1.54) is 17.1 Å². The third-order valence-electron chi connectivity index (χ3n) is 3.64. The minimum absolute atomic E-state index is 0.385. The predicted molar refractivity (Wildman–Crippen MR) is 73.5 cm³/mol. The Kier molecular flexibility index (Phi) is 4.06. The van der Waals surface area contributed by atoms with E-state index in [9.17, 15) is 8.42 Å². The van der Waals surface area contributed by atoms with Crippen molar-refractivity contribution in [1.82, 2.24) is 18.6 Å². The Hall–Kier alpha value is -0.960. The van der Waals surface area contributed by atoms with Crippen molar-refractivity contribution in [3.63, 3.8) is 0 Å². The van der Waals surface area contributed by atoms with E-state index in [-0.39, 0.29) is 0 Å². The quantitative estimate of drug-likeness (QED) is 0.798. The average Bonchev–Trinajstić information content (AvgIpc) is 3.20. The molecule has 2 aliphatic rings. The number of morpholine rings is 1. The van der Waals surface area contributed by atoms with Crippen LogP contribution in [0.25, 0.3) is 0 Å². The molecule has 1 aliphatic carbocycles. The SMILES string of the molecule is O=S(=O)(NCCn1ccnc1C1CC1)N1CCOCC1. The second-order valence-corrected chi connectivity index (χ2v) is 6.92. The van der Waals surface area contributed by atoms with Gasteiger partial charge in [0, 0.05) is 44.5 Å². The molecule has 0 spiro atoms. The molecule has 1 saturated carbocycles. The summed E-state index contributed by atoms with van der Waals surface area (Å²) >= 11 is 0. The standard InChI is InChI=1S/C12H20N4O3S/c17-20(18,16-7-9-19-10-8-16)14-4-6-15-5-3-13-12(15)11-1-2-11/h3,5,11,14H,1-2,4,6-10H2. The average molecular weight is 300 g/mol. The zero-order valence-electron chi connectivity index (χ0n) is 11.4. The number of nitrogens with zero attached hydrogens (tertiary/aromatic N) is 3. The summed E-state index contributed by atoms with van der Waals surface area (Å²) in [6.07, 6.45) is 6.08. The van der Waals surface area contributed by atoms with Crippen LogP contribution in [-0.2, 0) is 21.5 Å². The summed E-state index contributed by atoms with van der Waals surface area (Å²) in [6, 6.07) is 0. The maximum atomic E-state index is 12.1. The zero-order chi connectivity index (χ0) is 14.0. The first-order valence-electron chi connectivity index (χ1n) is 7.00. The van der Waals surface area contributed by atoms with Crippen LogP contribution in [-0.4, -0.2) is 55.1 Å². The van der Waals surface area contributed by atoms with Crippen molar-refractivity contribution in [2.24, 2.45) is 0 Å². The van der Waals surface area contributed by atoms with E-state index in [0.717, 1.165) is 5.82 Å². The minimum Gasteiger partial charge on any atom is -0.379 e. The van der Waals surface area contributed by atoms with Gasteiger partial charge in [-0.3, -0.25) is 0 Å². The van der Waals surface area contributed by atoms with Crippen LogP contribution in [0.1, 0.15) is 24.6 Å². The Bertz CT molecular complexity index is 547. The molecule has 1 aromatic rings. The Morgan fingerprint density at radius 1 is 1.35 bits per heavy atom. The second kappa shape index (κ2) is 5.80. The molecule has 2 fully saturated rings. The number of nitrogens with one attached hydrogen (secondary N) is 1. The Labute approximate surface area is 119 Å². The van der Waals surface area contributed by atoms with Crippen LogP contribution in [0.15, 0.2) is 12.4 Å². The molecule has 20 heavy (non-hydrogen) atoms. The Morgan fingerprint density at radius 3 is 2.80 bits per heavy atom. The van der Waals surface area contributed by atoms with Gasteiger partial charge in [-0.15, -0.1) is 0 Å². The second-order valence-electron chi connectivity index (χ2n) is 5.16. The number of rotatable bonds is 6. The fourth-order valence-corrected chi connectivity index (χ4v) is 3.55. The van der Waals surface area contributed by atoms with E-state index in [1.54, 1.807) is 6.20 Å². The van der Waals surface area contributed by atoms with Crippen LogP contribution in [0.2, 0.25) is 0 Å². The van der Waals surface area contributed by atoms with E-state index < -0.39 is 10.2 Å². The van der Waals surface area contributed by atoms with Crippen molar-refractivity contribution in [3.05, 3.63) is 18.2 Å². The van der Waals surface area contributed by atoms with Crippen LogP contribution >= 0.6 is 0 Å². The highest BCUT2D eigenvalue weighted by molar-refractivity contribution is 7.87. The smallest absolute Gasteiger partial charge is 0.279 e. The topological polar surface area (TPSA) is 76.5 Å². The number of hydrogen-bond acceptors (Lipinski definition) is 4. The fourth-order valence-electron chi connectivity index (χ4n) is 2.38. The van der Waals surface area contributed by atoms with Crippen molar-refractivity contribution in [2.45, 2.75) is 25.3 Å². The van der Waals surface area contributed by atoms with E-state index in [1.807, 2.05) is 10.8 Å². The molecule has 1 N–H and O–H groups in total. The van der Waals surface area contributed by atoms with Gasteiger partial charge in [0.2, 0.25) is 0 Å². The van der Waals surface area contributed by atoms with Gasteiger partial charge in [0.15, 0.2) is 0 Å². The van der Waals surface area contributed by atoms with Crippen molar-refractivity contribution >= 4 is 10.2 Å². The zero-order valence-corrected chi connectivity index (χ0v) is 12.2. The molecular weight excluding hydrogens is 280 g/mol.